The minimum absolute atomic E-state index is 0.0306. The van der Waals surface area contributed by atoms with Crippen molar-refractivity contribution < 1.29 is 4.79 Å². The van der Waals surface area contributed by atoms with Crippen LogP contribution in [-0.4, -0.2) is 34.9 Å². The number of benzene rings is 2. The molecule has 178 valence electrons. The van der Waals surface area contributed by atoms with Gasteiger partial charge in [0.1, 0.15) is 12.4 Å². The Morgan fingerprint density at radius 3 is 2.56 bits per heavy atom. The van der Waals surface area contributed by atoms with Crippen molar-refractivity contribution in [1.82, 2.24) is 20.3 Å². The highest BCUT2D eigenvalue weighted by molar-refractivity contribution is 6.32. The number of hydrazine groups is 1. The van der Waals surface area contributed by atoms with Gasteiger partial charge in [0, 0.05) is 37.0 Å². The number of nitrogens with zero attached hydrogens (tertiary/aromatic N) is 3. The number of anilines is 2. The third-order valence-corrected chi connectivity index (χ3v) is 5.30. The smallest absolute Gasteiger partial charge is 0.295 e. The molecule has 34 heavy (non-hydrogen) atoms. The summed E-state index contributed by atoms with van der Waals surface area (Å²) < 4.78 is 1.29. The highest BCUT2D eigenvalue weighted by atomic mass is 35.5. The van der Waals surface area contributed by atoms with Crippen molar-refractivity contribution in [2.45, 2.75) is 20.0 Å². The molecule has 0 saturated carbocycles. The first kappa shape index (κ1) is 24.7. The molecule has 0 spiro atoms. The van der Waals surface area contributed by atoms with E-state index in [0.29, 0.717) is 29.1 Å². The number of nitrogens with two attached hydrogens (primary N) is 2. The number of carbonyl (C=O) groups is 1. The van der Waals surface area contributed by atoms with E-state index < -0.39 is 5.56 Å². The van der Waals surface area contributed by atoms with Gasteiger partial charge in [-0.15, -0.1) is 0 Å². The lowest BCUT2D eigenvalue weighted by Gasteiger charge is -2.21. The third kappa shape index (κ3) is 5.72. The number of hydrogen-bond acceptors (Lipinski definition) is 7. The van der Waals surface area contributed by atoms with E-state index in [0.717, 1.165) is 5.56 Å². The lowest BCUT2D eigenvalue weighted by atomic mass is 10.1. The second-order valence-corrected chi connectivity index (χ2v) is 7.91. The molecule has 7 N–H and O–H groups in total. The van der Waals surface area contributed by atoms with Crippen LogP contribution in [0.1, 0.15) is 18.1 Å². The molecule has 3 aromatic rings. The lowest BCUT2D eigenvalue weighted by molar-refractivity contribution is -0.121. The summed E-state index contributed by atoms with van der Waals surface area (Å²) in [6.07, 6.45) is 0. The summed E-state index contributed by atoms with van der Waals surface area (Å²) in [6, 6.07) is 13.8. The molecule has 0 aliphatic heterocycles. The fraction of sp³-hybridized carbons (Fsp3) is 0.217. The minimum atomic E-state index is -0.480. The molecule has 0 bridgehead atoms. The molecule has 0 aliphatic rings. The molecule has 0 fully saturated rings. The van der Waals surface area contributed by atoms with E-state index in [9.17, 15) is 9.59 Å². The SMILES string of the molecule is CCNN(C)c1nc(Cl)c(-c2cccc(N)c2)n(CC(=O)NCc2ccc(C(=N)N)cc2)c1=O. The van der Waals surface area contributed by atoms with Crippen molar-refractivity contribution in [3.05, 3.63) is 75.2 Å². The molecular formula is C23H27ClN8O2. The first-order valence-corrected chi connectivity index (χ1v) is 10.9. The monoisotopic (exact) mass is 482 g/mol. The average molecular weight is 483 g/mol. The fourth-order valence-corrected chi connectivity index (χ4v) is 3.66. The standard InChI is InChI=1S/C23H27ClN8O2/c1-3-29-31(2)22-23(34)32(19(20(24)30-22)16-5-4-6-17(25)11-16)13-18(33)28-12-14-7-9-15(10-8-14)21(26)27/h4-11,29H,3,12-13,25H2,1-2H3,(H3,26,27)(H,28,33). The number of nitrogens with one attached hydrogen (secondary N) is 3. The zero-order chi connectivity index (χ0) is 24.8. The van der Waals surface area contributed by atoms with Crippen LogP contribution in [0.25, 0.3) is 11.3 Å². The Bertz CT molecular complexity index is 1260. The average Bonchev–Trinajstić information content (AvgIpc) is 2.80. The number of amides is 1. The molecule has 0 unspecified atom stereocenters. The van der Waals surface area contributed by atoms with Crippen molar-refractivity contribution in [1.29, 1.82) is 5.41 Å². The molecule has 1 aromatic heterocycles. The van der Waals surface area contributed by atoms with Gasteiger partial charge in [-0.25, -0.2) is 10.4 Å². The molecular weight excluding hydrogens is 456 g/mol. The zero-order valence-corrected chi connectivity index (χ0v) is 19.7. The number of nitrogen functional groups attached to an aromatic ring is 2. The van der Waals surface area contributed by atoms with Gasteiger partial charge in [-0.3, -0.25) is 24.6 Å². The van der Waals surface area contributed by atoms with Crippen LogP contribution in [0.5, 0.6) is 0 Å². The summed E-state index contributed by atoms with van der Waals surface area (Å²) in [5.74, 6) is -0.355. The van der Waals surface area contributed by atoms with Gasteiger partial charge in [0.05, 0.1) is 5.69 Å². The molecule has 0 atom stereocenters. The molecule has 1 heterocycles. The number of hydrogen-bond donors (Lipinski definition) is 5. The van der Waals surface area contributed by atoms with E-state index in [-0.39, 0.29) is 35.8 Å². The van der Waals surface area contributed by atoms with E-state index in [1.807, 2.05) is 6.92 Å². The van der Waals surface area contributed by atoms with Gasteiger partial charge in [-0.05, 0) is 17.7 Å². The van der Waals surface area contributed by atoms with Crippen LogP contribution in [-0.2, 0) is 17.9 Å². The summed E-state index contributed by atoms with van der Waals surface area (Å²) in [5.41, 5.74) is 16.7. The van der Waals surface area contributed by atoms with E-state index in [1.165, 1.54) is 9.58 Å². The van der Waals surface area contributed by atoms with Crippen LogP contribution in [0.3, 0.4) is 0 Å². The molecule has 0 radical (unpaired) electrons. The quantitative estimate of drug-likeness (QED) is 0.134. The van der Waals surface area contributed by atoms with Gasteiger partial charge in [-0.1, -0.05) is 54.9 Å². The topological polar surface area (TPSA) is 155 Å². The van der Waals surface area contributed by atoms with Crippen LogP contribution in [0, 0.1) is 5.41 Å². The minimum Gasteiger partial charge on any atom is -0.399 e. The van der Waals surface area contributed by atoms with Crippen molar-refractivity contribution in [3.63, 3.8) is 0 Å². The predicted octanol–water partition coefficient (Wildman–Crippen LogP) is 1.71. The zero-order valence-electron chi connectivity index (χ0n) is 18.9. The lowest BCUT2D eigenvalue weighted by Crippen LogP contribution is -2.42. The first-order chi connectivity index (χ1) is 16.2. The molecule has 11 heteroatoms. The Labute approximate surface area is 202 Å². The van der Waals surface area contributed by atoms with Crippen molar-refractivity contribution in [3.8, 4) is 11.3 Å². The van der Waals surface area contributed by atoms with Gasteiger partial charge in [0.15, 0.2) is 5.15 Å². The Kier molecular flexibility index (Phi) is 7.87. The third-order valence-electron chi connectivity index (χ3n) is 5.04. The van der Waals surface area contributed by atoms with Crippen molar-refractivity contribution >= 4 is 34.8 Å². The summed E-state index contributed by atoms with van der Waals surface area (Å²) >= 11 is 6.51. The maximum atomic E-state index is 13.3. The fourth-order valence-electron chi connectivity index (χ4n) is 3.37. The Morgan fingerprint density at radius 2 is 1.94 bits per heavy atom. The van der Waals surface area contributed by atoms with Crippen LogP contribution in [0.4, 0.5) is 11.5 Å². The summed E-state index contributed by atoms with van der Waals surface area (Å²) in [6.45, 7) is 2.41. The number of halogens is 1. The van der Waals surface area contributed by atoms with Gasteiger partial charge in [0.25, 0.3) is 5.56 Å². The maximum absolute atomic E-state index is 13.3. The molecule has 2 aromatic carbocycles. The van der Waals surface area contributed by atoms with E-state index >= 15 is 0 Å². The Balaban J connectivity index is 1.93. The molecule has 0 saturated heterocycles. The first-order valence-electron chi connectivity index (χ1n) is 10.5. The van der Waals surface area contributed by atoms with Crippen LogP contribution in [0.15, 0.2) is 53.3 Å². The Morgan fingerprint density at radius 1 is 1.24 bits per heavy atom. The molecule has 10 nitrogen and oxygen atoms in total. The number of amidine groups is 1. The number of carbonyl (C=O) groups excluding carboxylic acids is 1. The summed E-state index contributed by atoms with van der Waals surface area (Å²) in [5, 5.41) is 11.8. The van der Waals surface area contributed by atoms with Crippen LogP contribution >= 0.6 is 11.6 Å². The Hall–Kier alpha value is -3.89. The van der Waals surface area contributed by atoms with Crippen LogP contribution in [0.2, 0.25) is 5.15 Å². The summed E-state index contributed by atoms with van der Waals surface area (Å²) in [7, 11) is 1.65. The second-order valence-electron chi connectivity index (χ2n) is 7.55. The molecule has 0 aliphatic carbocycles. The highest BCUT2D eigenvalue weighted by Gasteiger charge is 2.21. The highest BCUT2D eigenvalue weighted by Crippen LogP contribution is 2.28. The number of aromatic nitrogens is 2. The van der Waals surface area contributed by atoms with E-state index in [2.05, 4.69) is 15.7 Å². The van der Waals surface area contributed by atoms with Gasteiger partial charge < -0.3 is 16.8 Å². The van der Waals surface area contributed by atoms with E-state index in [4.69, 9.17) is 28.5 Å². The second kappa shape index (κ2) is 10.8. The molecule has 1 amide bonds. The molecule has 3 rings (SSSR count). The largest absolute Gasteiger partial charge is 0.399 e. The normalized spacial score (nSPS) is 10.7. The van der Waals surface area contributed by atoms with Gasteiger partial charge >= 0.3 is 0 Å². The number of rotatable bonds is 9. The van der Waals surface area contributed by atoms with Crippen molar-refractivity contribution in [2.75, 3.05) is 24.3 Å². The van der Waals surface area contributed by atoms with Crippen molar-refractivity contribution in [2.24, 2.45) is 5.73 Å². The van der Waals surface area contributed by atoms with Gasteiger partial charge in [0.2, 0.25) is 11.7 Å². The maximum Gasteiger partial charge on any atom is 0.295 e. The van der Waals surface area contributed by atoms with E-state index in [1.54, 1.807) is 55.6 Å². The summed E-state index contributed by atoms with van der Waals surface area (Å²) in [4.78, 5) is 30.5. The van der Waals surface area contributed by atoms with Gasteiger partial charge in [-0.2, -0.15) is 0 Å². The predicted molar refractivity (Wildman–Crippen MR) is 135 cm³/mol. The van der Waals surface area contributed by atoms with Crippen LogP contribution < -0.4 is 32.8 Å².